The summed E-state index contributed by atoms with van der Waals surface area (Å²) in [6, 6.07) is 18.7. The number of hydrogen-bond donors (Lipinski definition) is 0. The molecule has 21 heavy (non-hydrogen) atoms. The lowest BCUT2D eigenvalue weighted by atomic mass is 9.83. The van der Waals surface area contributed by atoms with Gasteiger partial charge in [0.2, 0.25) is 0 Å². The monoisotopic (exact) mass is 282 g/mol. The Morgan fingerprint density at radius 2 is 1.33 bits per heavy atom. The molecule has 0 spiro atoms. The molecule has 0 saturated carbocycles. The first-order valence-corrected chi connectivity index (χ1v) is 7.60. The van der Waals surface area contributed by atoms with Crippen LogP contribution in [0.3, 0.4) is 0 Å². The first-order valence-electron chi connectivity index (χ1n) is 7.60. The first-order chi connectivity index (χ1) is 9.77. The van der Waals surface area contributed by atoms with Crippen LogP contribution < -0.4 is 4.74 Å². The van der Waals surface area contributed by atoms with Gasteiger partial charge in [0.25, 0.3) is 0 Å². The van der Waals surface area contributed by atoms with Crippen molar-refractivity contribution in [3.8, 4) is 16.9 Å². The van der Waals surface area contributed by atoms with Crippen LogP contribution in [0, 0.1) is 5.41 Å². The molecular weight excluding hydrogens is 256 g/mol. The van der Waals surface area contributed by atoms with E-state index in [0.717, 1.165) is 17.7 Å². The number of rotatable bonds is 4. The van der Waals surface area contributed by atoms with Crippen LogP contribution in [-0.4, -0.2) is 5.60 Å². The summed E-state index contributed by atoms with van der Waals surface area (Å²) in [4.78, 5) is 0. The molecule has 0 N–H and O–H groups in total. The Labute approximate surface area is 129 Å². The predicted octanol–water partition coefficient (Wildman–Crippen LogP) is 5.95. The molecule has 0 unspecified atom stereocenters. The molecule has 0 amide bonds. The SMILES string of the molecule is CC(C)(C)CC(C)(C)Oc1ccccc1-c1ccccc1. The van der Waals surface area contributed by atoms with Gasteiger partial charge in [0.1, 0.15) is 11.4 Å². The lowest BCUT2D eigenvalue weighted by molar-refractivity contribution is 0.0627. The molecule has 2 aromatic carbocycles. The van der Waals surface area contributed by atoms with Crippen LogP contribution >= 0.6 is 0 Å². The van der Waals surface area contributed by atoms with E-state index in [9.17, 15) is 0 Å². The summed E-state index contributed by atoms with van der Waals surface area (Å²) < 4.78 is 6.36. The van der Waals surface area contributed by atoms with Gasteiger partial charge < -0.3 is 4.74 Å². The summed E-state index contributed by atoms with van der Waals surface area (Å²) in [5.74, 6) is 0.956. The van der Waals surface area contributed by atoms with Crippen molar-refractivity contribution in [3.05, 3.63) is 54.6 Å². The number of para-hydroxylation sites is 1. The molecule has 0 radical (unpaired) electrons. The van der Waals surface area contributed by atoms with Crippen LogP contribution in [0.4, 0.5) is 0 Å². The second-order valence-electron chi connectivity index (χ2n) is 7.46. The standard InChI is InChI=1S/C20H26O/c1-19(2,3)15-20(4,5)21-18-14-10-9-13-17(18)16-11-7-6-8-12-16/h6-14H,15H2,1-5H3. The fraction of sp³-hybridized carbons (Fsp3) is 0.400. The second kappa shape index (κ2) is 5.93. The minimum absolute atomic E-state index is 0.191. The maximum absolute atomic E-state index is 6.36. The topological polar surface area (TPSA) is 9.23 Å². The molecule has 0 aromatic heterocycles. The Bertz CT molecular complexity index is 576. The van der Waals surface area contributed by atoms with E-state index in [-0.39, 0.29) is 11.0 Å². The molecule has 0 aliphatic carbocycles. The zero-order valence-corrected chi connectivity index (χ0v) is 13.8. The van der Waals surface area contributed by atoms with Gasteiger partial charge in [-0.2, -0.15) is 0 Å². The van der Waals surface area contributed by atoms with Crippen LogP contribution in [0.15, 0.2) is 54.6 Å². The van der Waals surface area contributed by atoms with E-state index in [2.05, 4.69) is 77.1 Å². The van der Waals surface area contributed by atoms with Crippen molar-refractivity contribution in [1.29, 1.82) is 0 Å². The Morgan fingerprint density at radius 3 is 1.95 bits per heavy atom. The molecule has 0 atom stereocenters. The third-order valence-corrected chi connectivity index (χ3v) is 3.31. The van der Waals surface area contributed by atoms with Gasteiger partial charge in [-0.3, -0.25) is 0 Å². The lowest BCUT2D eigenvalue weighted by Crippen LogP contribution is -2.33. The quantitative estimate of drug-likeness (QED) is 0.673. The molecule has 1 nitrogen and oxygen atoms in total. The Kier molecular flexibility index (Phi) is 4.41. The molecule has 0 aliphatic rings. The lowest BCUT2D eigenvalue weighted by Gasteiger charge is -2.33. The second-order valence-corrected chi connectivity index (χ2v) is 7.46. The van der Waals surface area contributed by atoms with Gasteiger partial charge in [-0.15, -0.1) is 0 Å². The van der Waals surface area contributed by atoms with Crippen molar-refractivity contribution >= 4 is 0 Å². The van der Waals surface area contributed by atoms with Crippen LogP contribution in [0.5, 0.6) is 5.75 Å². The van der Waals surface area contributed by atoms with Crippen molar-refractivity contribution in [2.45, 2.75) is 46.6 Å². The number of hydrogen-bond acceptors (Lipinski definition) is 1. The highest BCUT2D eigenvalue weighted by atomic mass is 16.5. The Morgan fingerprint density at radius 1 is 0.762 bits per heavy atom. The minimum Gasteiger partial charge on any atom is -0.487 e. The largest absolute Gasteiger partial charge is 0.487 e. The normalized spacial score (nSPS) is 12.2. The molecule has 0 saturated heterocycles. The van der Waals surface area contributed by atoms with Gasteiger partial charge in [0.15, 0.2) is 0 Å². The van der Waals surface area contributed by atoms with Crippen molar-refractivity contribution in [3.63, 3.8) is 0 Å². The zero-order chi connectivity index (χ0) is 15.5. The van der Waals surface area contributed by atoms with Crippen LogP contribution in [-0.2, 0) is 0 Å². The summed E-state index contributed by atoms with van der Waals surface area (Å²) in [5.41, 5.74) is 2.40. The van der Waals surface area contributed by atoms with Crippen LogP contribution in [0.2, 0.25) is 0 Å². The molecular formula is C20H26O. The van der Waals surface area contributed by atoms with E-state index in [1.54, 1.807) is 0 Å². The highest BCUT2D eigenvalue weighted by Crippen LogP contribution is 2.35. The Balaban J connectivity index is 2.29. The van der Waals surface area contributed by atoms with Crippen molar-refractivity contribution < 1.29 is 4.74 Å². The van der Waals surface area contributed by atoms with Gasteiger partial charge in [-0.05, 0) is 37.3 Å². The van der Waals surface area contributed by atoms with Gasteiger partial charge in [0.05, 0.1) is 0 Å². The van der Waals surface area contributed by atoms with E-state index < -0.39 is 0 Å². The first kappa shape index (κ1) is 15.6. The van der Waals surface area contributed by atoms with Crippen molar-refractivity contribution in [2.24, 2.45) is 5.41 Å². The molecule has 112 valence electrons. The zero-order valence-electron chi connectivity index (χ0n) is 13.8. The average molecular weight is 282 g/mol. The number of benzene rings is 2. The van der Waals surface area contributed by atoms with Gasteiger partial charge >= 0.3 is 0 Å². The molecule has 0 fully saturated rings. The van der Waals surface area contributed by atoms with Gasteiger partial charge in [-0.25, -0.2) is 0 Å². The fourth-order valence-electron chi connectivity index (χ4n) is 3.02. The van der Waals surface area contributed by atoms with E-state index in [0.29, 0.717) is 0 Å². The summed E-state index contributed by atoms with van der Waals surface area (Å²) in [5, 5.41) is 0. The van der Waals surface area contributed by atoms with E-state index in [4.69, 9.17) is 4.74 Å². The van der Waals surface area contributed by atoms with Crippen LogP contribution in [0.25, 0.3) is 11.1 Å². The molecule has 0 heterocycles. The van der Waals surface area contributed by atoms with E-state index in [1.807, 2.05) is 12.1 Å². The van der Waals surface area contributed by atoms with Crippen molar-refractivity contribution in [2.75, 3.05) is 0 Å². The third-order valence-electron chi connectivity index (χ3n) is 3.31. The fourth-order valence-corrected chi connectivity index (χ4v) is 3.02. The van der Waals surface area contributed by atoms with Crippen molar-refractivity contribution in [1.82, 2.24) is 0 Å². The number of ether oxygens (including phenoxy) is 1. The smallest absolute Gasteiger partial charge is 0.127 e. The summed E-state index contributed by atoms with van der Waals surface area (Å²) in [6.45, 7) is 11.1. The highest BCUT2D eigenvalue weighted by Gasteiger charge is 2.28. The average Bonchev–Trinajstić information content (AvgIpc) is 2.37. The van der Waals surface area contributed by atoms with Crippen LogP contribution in [0.1, 0.15) is 41.0 Å². The Hall–Kier alpha value is -1.76. The molecule has 0 aliphatic heterocycles. The maximum Gasteiger partial charge on any atom is 0.127 e. The maximum atomic E-state index is 6.36. The third kappa shape index (κ3) is 4.63. The van der Waals surface area contributed by atoms with Gasteiger partial charge in [-0.1, -0.05) is 69.3 Å². The summed E-state index contributed by atoms with van der Waals surface area (Å²) in [7, 11) is 0. The highest BCUT2D eigenvalue weighted by molar-refractivity contribution is 5.70. The van der Waals surface area contributed by atoms with Gasteiger partial charge in [0, 0.05) is 5.56 Å². The minimum atomic E-state index is -0.191. The predicted molar refractivity (Wildman–Crippen MR) is 90.7 cm³/mol. The molecule has 1 heteroatoms. The molecule has 0 bridgehead atoms. The van der Waals surface area contributed by atoms with E-state index in [1.165, 1.54) is 5.56 Å². The molecule has 2 rings (SSSR count). The summed E-state index contributed by atoms with van der Waals surface area (Å²) in [6.07, 6.45) is 1.00. The van der Waals surface area contributed by atoms with E-state index >= 15 is 0 Å². The molecule has 2 aromatic rings. The summed E-state index contributed by atoms with van der Waals surface area (Å²) >= 11 is 0.